The molecule has 2 aromatic carbocycles. The van der Waals surface area contributed by atoms with Crippen molar-refractivity contribution in [1.82, 2.24) is 14.3 Å². The molecule has 0 atom stereocenters. The van der Waals surface area contributed by atoms with Crippen molar-refractivity contribution in [2.75, 3.05) is 0 Å². The molecule has 162 valence electrons. The lowest BCUT2D eigenvalue weighted by Gasteiger charge is -2.08. The Morgan fingerprint density at radius 3 is 2.34 bits per heavy atom. The van der Waals surface area contributed by atoms with Gasteiger partial charge in [-0.15, -0.1) is 0 Å². The van der Waals surface area contributed by atoms with Crippen molar-refractivity contribution in [1.29, 1.82) is 0 Å². The van der Waals surface area contributed by atoms with Crippen LogP contribution in [0.4, 0.5) is 0 Å². The van der Waals surface area contributed by atoms with Crippen molar-refractivity contribution >= 4 is 11.8 Å². The Balaban J connectivity index is 1.32. The molecule has 0 aliphatic heterocycles. The first-order valence-electron chi connectivity index (χ1n) is 10.6. The van der Waals surface area contributed by atoms with Crippen LogP contribution in [-0.2, 0) is 19.5 Å². The van der Waals surface area contributed by atoms with Crippen LogP contribution in [0, 0.1) is 6.92 Å². The Hall–Kier alpha value is -3.93. The number of benzene rings is 2. The van der Waals surface area contributed by atoms with E-state index in [4.69, 9.17) is 5.11 Å². The first-order chi connectivity index (χ1) is 15.5. The summed E-state index contributed by atoms with van der Waals surface area (Å²) in [6, 6.07) is 20.3. The molecule has 0 saturated heterocycles. The van der Waals surface area contributed by atoms with Crippen LogP contribution < -0.4 is 0 Å². The van der Waals surface area contributed by atoms with Crippen LogP contribution in [0.25, 0.3) is 0 Å². The minimum atomic E-state index is -0.927. The summed E-state index contributed by atoms with van der Waals surface area (Å²) in [6.07, 6.45) is 5.55. The fourth-order valence-corrected chi connectivity index (χ4v) is 3.66. The number of aromatic nitrogens is 3. The zero-order valence-electron chi connectivity index (χ0n) is 17.9. The molecule has 0 aliphatic rings. The summed E-state index contributed by atoms with van der Waals surface area (Å²) in [6.45, 7) is 3.34. The van der Waals surface area contributed by atoms with Crippen LogP contribution >= 0.6 is 0 Å². The van der Waals surface area contributed by atoms with E-state index >= 15 is 0 Å². The number of hydrogen-bond donors (Lipinski definition) is 1. The molecule has 0 aliphatic carbocycles. The summed E-state index contributed by atoms with van der Waals surface area (Å²) < 4.78 is 3.86. The summed E-state index contributed by atoms with van der Waals surface area (Å²) in [4.78, 5) is 23.8. The highest BCUT2D eigenvalue weighted by atomic mass is 16.4. The molecule has 0 spiro atoms. The van der Waals surface area contributed by atoms with Gasteiger partial charge in [-0.05, 0) is 55.7 Å². The second-order valence-electron chi connectivity index (χ2n) is 7.89. The topological polar surface area (TPSA) is 77.1 Å². The molecule has 0 bridgehead atoms. The maximum absolute atomic E-state index is 12.8. The van der Waals surface area contributed by atoms with Crippen molar-refractivity contribution in [3.8, 4) is 0 Å². The van der Waals surface area contributed by atoms with Crippen LogP contribution in [0.5, 0.6) is 0 Å². The first-order valence-corrected chi connectivity index (χ1v) is 10.6. The average Bonchev–Trinajstić information content (AvgIpc) is 3.44. The van der Waals surface area contributed by atoms with Gasteiger partial charge in [-0.2, -0.15) is 5.10 Å². The van der Waals surface area contributed by atoms with Crippen LogP contribution in [0.1, 0.15) is 49.7 Å². The monoisotopic (exact) mass is 427 g/mol. The lowest BCUT2D eigenvalue weighted by molar-refractivity contribution is 0.0696. The van der Waals surface area contributed by atoms with Gasteiger partial charge in [0.1, 0.15) is 0 Å². The van der Waals surface area contributed by atoms with E-state index in [1.807, 2.05) is 83.2 Å². The summed E-state index contributed by atoms with van der Waals surface area (Å²) in [5.41, 5.74) is 4.80. The third kappa shape index (κ3) is 5.03. The summed E-state index contributed by atoms with van der Waals surface area (Å²) >= 11 is 0. The normalized spacial score (nSPS) is 10.9. The molecule has 0 unspecified atom stereocenters. The fourth-order valence-electron chi connectivity index (χ4n) is 3.66. The van der Waals surface area contributed by atoms with E-state index in [0.29, 0.717) is 17.8 Å². The number of aromatic carboxylic acids is 1. The van der Waals surface area contributed by atoms with Crippen molar-refractivity contribution in [2.45, 2.75) is 32.9 Å². The van der Waals surface area contributed by atoms with E-state index in [1.54, 1.807) is 12.1 Å². The van der Waals surface area contributed by atoms with Crippen molar-refractivity contribution < 1.29 is 14.7 Å². The number of ketones is 1. The van der Waals surface area contributed by atoms with Crippen molar-refractivity contribution in [2.24, 2.45) is 0 Å². The molecule has 0 fully saturated rings. The van der Waals surface area contributed by atoms with Crippen LogP contribution in [0.3, 0.4) is 0 Å². The molecule has 0 saturated carbocycles. The standard InChI is InChI=1S/C26H25N3O3/c1-19-6-10-21(11-7-19)25(30)24-5-3-16-28(24)15-2-4-23-14-17-29(27-23)18-20-8-12-22(13-9-20)26(31)32/h3,5-14,16-17H,2,4,15,18H2,1H3,(H,31,32). The quantitative estimate of drug-likeness (QED) is 0.396. The molecule has 4 rings (SSSR count). The molecule has 32 heavy (non-hydrogen) atoms. The number of carbonyl (C=O) groups excluding carboxylic acids is 1. The number of rotatable bonds is 9. The van der Waals surface area contributed by atoms with Gasteiger partial charge >= 0.3 is 5.97 Å². The van der Waals surface area contributed by atoms with Gasteiger partial charge in [-0.25, -0.2) is 4.79 Å². The van der Waals surface area contributed by atoms with Gasteiger partial charge in [0.05, 0.1) is 23.5 Å². The molecule has 6 heteroatoms. The minimum Gasteiger partial charge on any atom is -0.478 e. The predicted molar refractivity (Wildman–Crippen MR) is 122 cm³/mol. The third-order valence-corrected chi connectivity index (χ3v) is 5.45. The van der Waals surface area contributed by atoms with E-state index in [2.05, 4.69) is 5.10 Å². The lowest BCUT2D eigenvalue weighted by Crippen LogP contribution is -2.10. The summed E-state index contributed by atoms with van der Waals surface area (Å²) in [7, 11) is 0. The zero-order valence-corrected chi connectivity index (χ0v) is 17.9. The lowest BCUT2D eigenvalue weighted by atomic mass is 10.1. The SMILES string of the molecule is Cc1ccc(C(=O)c2cccn2CCCc2ccn(Cc3ccc(C(=O)O)cc3)n2)cc1. The highest BCUT2D eigenvalue weighted by Gasteiger charge is 2.13. The van der Waals surface area contributed by atoms with Gasteiger partial charge in [0.15, 0.2) is 0 Å². The first kappa shape index (κ1) is 21.3. The second kappa shape index (κ2) is 9.47. The highest BCUT2D eigenvalue weighted by Crippen LogP contribution is 2.14. The Morgan fingerprint density at radius 2 is 1.62 bits per heavy atom. The van der Waals surface area contributed by atoms with Crippen LogP contribution in [0.15, 0.2) is 79.1 Å². The molecule has 0 amide bonds. The fraction of sp³-hybridized carbons (Fsp3) is 0.192. The van der Waals surface area contributed by atoms with Gasteiger partial charge in [-0.1, -0.05) is 42.0 Å². The molecular formula is C26H25N3O3. The Labute approximate surface area is 186 Å². The van der Waals surface area contributed by atoms with Crippen LogP contribution in [0.2, 0.25) is 0 Å². The molecule has 0 radical (unpaired) electrons. The van der Waals surface area contributed by atoms with Gasteiger partial charge < -0.3 is 9.67 Å². The highest BCUT2D eigenvalue weighted by molar-refractivity contribution is 6.08. The number of carboxylic acids is 1. The molecule has 2 heterocycles. The number of hydrogen-bond acceptors (Lipinski definition) is 3. The van der Waals surface area contributed by atoms with E-state index in [-0.39, 0.29) is 11.3 Å². The zero-order chi connectivity index (χ0) is 22.5. The molecule has 6 nitrogen and oxygen atoms in total. The molecule has 4 aromatic rings. The van der Waals surface area contributed by atoms with E-state index in [9.17, 15) is 9.59 Å². The maximum atomic E-state index is 12.8. The van der Waals surface area contributed by atoms with Gasteiger partial charge in [-0.3, -0.25) is 9.48 Å². The van der Waals surface area contributed by atoms with Crippen molar-refractivity contribution in [3.05, 3.63) is 113 Å². The van der Waals surface area contributed by atoms with Gasteiger partial charge in [0, 0.05) is 24.5 Å². The van der Waals surface area contributed by atoms with Gasteiger partial charge in [0.25, 0.3) is 0 Å². The minimum absolute atomic E-state index is 0.0354. The number of aryl methyl sites for hydroxylation is 3. The predicted octanol–water partition coefficient (Wildman–Crippen LogP) is 4.60. The smallest absolute Gasteiger partial charge is 0.335 e. The molecule has 2 aromatic heterocycles. The van der Waals surface area contributed by atoms with E-state index < -0.39 is 5.97 Å². The second-order valence-corrected chi connectivity index (χ2v) is 7.89. The number of nitrogens with zero attached hydrogens (tertiary/aromatic N) is 3. The number of carbonyl (C=O) groups is 2. The molecule has 1 N–H and O–H groups in total. The Morgan fingerprint density at radius 1 is 0.906 bits per heavy atom. The molecular weight excluding hydrogens is 402 g/mol. The Kier molecular flexibility index (Phi) is 6.31. The third-order valence-electron chi connectivity index (χ3n) is 5.45. The average molecular weight is 428 g/mol. The van der Waals surface area contributed by atoms with Gasteiger partial charge in [0.2, 0.25) is 5.78 Å². The van der Waals surface area contributed by atoms with E-state index in [1.165, 1.54) is 0 Å². The van der Waals surface area contributed by atoms with Crippen molar-refractivity contribution in [3.63, 3.8) is 0 Å². The van der Waals surface area contributed by atoms with Crippen LogP contribution in [-0.4, -0.2) is 31.2 Å². The summed E-state index contributed by atoms with van der Waals surface area (Å²) in [5.74, 6) is -0.891. The maximum Gasteiger partial charge on any atom is 0.335 e. The summed E-state index contributed by atoms with van der Waals surface area (Å²) in [5, 5.41) is 13.6. The number of carboxylic acid groups (broad SMARTS) is 1. The van der Waals surface area contributed by atoms with E-state index in [0.717, 1.165) is 36.2 Å². The largest absolute Gasteiger partial charge is 0.478 e. The Bertz CT molecular complexity index is 1220.